The first-order valence-electron chi connectivity index (χ1n) is 11.8. The first kappa shape index (κ1) is 24.8. The molecule has 2 aromatic carbocycles. The Hall–Kier alpha value is -2.30. The van der Waals surface area contributed by atoms with Gasteiger partial charge in [-0.3, -0.25) is 14.6 Å². The lowest BCUT2D eigenvalue weighted by molar-refractivity contribution is 0.0342. The Morgan fingerprint density at radius 3 is 2.12 bits per heavy atom. The molecule has 0 radical (unpaired) electrons. The van der Waals surface area contributed by atoms with Crippen molar-refractivity contribution in [2.75, 3.05) is 58.7 Å². The molecular weight excluding hydrogens is 452 g/mol. The van der Waals surface area contributed by atoms with Crippen LogP contribution in [0.3, 0.4) is 0 Å². The van der Waals surface area contributed by atoms with Crippen LogP contribution in [0, 0.1) is 0 Å². The minimum atomic E-state index is -3.13. The van der Waals surface area contributed by atoms with Crippen molar-refractivity contribution in [3.63, 3.8) is 0 Å². The van der Waals surface area contributed by atoms with Crippen LogP contribution in [0.2, 0.25) is 0 Å². The molecule has 2 heterocycles. The Morgan fingerprint density at radius 2 is 1.44 bits per heavy atom. The first-order chi connectivity index (χ1) is 16.4. The van der Waals surface area contributed by atoms with Gasteiger partial charge in [0.1, 0.15) is 0 Å². The van der Waals surface area contributed by atoms with Crippen molar-refractivity contribution in [2.45, 2.75) is 19.6 Å². The van der Waals surface area contributed by atoms with Gasteiger partial charge in [-0.1, -0.05) is 36.4 Å². The number of rotatable bonds is 8. The van der Waals surface area contributed by atoms with Crippen molar-refractivity contribution in [3.8, 4) is 0 Å². The molecule has 184 valence electrons. The Bertz CT molecular complexity index is 1080. The molecule has 4 rings (SSSR count). The quantitative estimate of drug-likeness (QED) is 0.610. The molecular formula is C25H34N4O4S. The summed E-state index contributed by atoms with van der Waals surface area (Å²) in [5.74, 6) is -0.0951. The SMILES string of the molecule is CS(=O)(=O)N1CCN(Cc2cccc(C(=O)NCc3cccc(CN4CCOCC4)c3)c2)CC1. The molecule has 0 aromatic heterocycles. The second kappa shape index (κ2) is 11.4. The molecule has 0 saturated carbocycles. The van der Waals surface area contributed by atoms with E-state index in [1.54, 1.807) is 0 Å². The zero-order valence-electron chi connectivity index (χ0n) is 19.8. The summed E-state index contributed by atoms with van der Waals surface area (Å²) in [6.07, 6.45) is 1.26. The molecule has 0 atom stereocenters. The molecule has 9 heteroatoms. The summed E-state index contributed by atoms with van der Waals surface area (Å²) in [6.45, 7) is 7.91. The van der Waals surface area contributed by atoms with Crippen LogP contribution in [-0.4, -0.2) is 87.2 Å². The van der Waals surface area contributed by atoms with Crippen molar-refractivity contribution in [3.05, 3.63) is 70.8 Å². The van der Waals surface area contributed by atoms with E-state index in [2.05, 4.69) is 27.2 Å². The van der Waals surface area contributed by atoms with Gasteiger partial charge in [-0.25, -0.2) is 8.42 Å². The largest absolute Gasteiger partial charge is 0.379 e. The van der Waals surface area contributed by atoms with Gasteiger partial charge in [0.15, 0.2) is 0 Å². The summed E-state index contributed by atoms with van der Waals surface area (Å²) in [7, 11) is -3.13. The summed E-state index contributed by atoms with van der Waals surface area (Å²) in [6, 6.07) is 16.0. The zero-order valence-corrected chi connectivity index (χ0v) is 20.6. The second-order valence-corrected chi connectivity index (χ2v) is 11.0. The normalized spacial score (nSPS) is 18.6. The highest BCUT2D eigenvalue weighted by atomic mass is 32.2. The van der Waals surface area contributed by atoms with E-state index in [-0.39, 0.29) is 5.91 Å². The predicted molar refractivity (Wildman–Crippen MR) is 132 cm³/mol. The molecule has 1 amide bonds. The molecule has 2 saturated heterocycles. The van der Waals surface area contributed by atoms with E-state index in [0.717, 1.165) is 44.0 Å². The number of hydrogen-bond acceptors (Lipinski definition) is 6. The third-order valence-corrected chi connectivity index (χ3v) is 7.65. The van der Waals surface area contributed by atoms with Crippen molar-refractivity contribution in [1.29, 1.82) is 0 Å². The Labute approximate surface area is 202 Å². The van der Waals surface area contributed by atoms with Crippen molar-refractivity contribution >= 4 is 15.9 Å². The molecule has 34 heavy (non-hydrogen) atoms. The Kier molecular flexibility index (Phi) is 8.33. The van der Waals surface area contributed by atoms with E-state index in [1.165, 1.54) is 16.1 Å². The van der Waals surface area contributed by atoms with Gasteiger partial charge >= 0.3 is 0 Å². The van der Waals surface area contributed by atoms with Crippen LogP contribution >= 0.6 is 0 Å². The average Bonchev–Trinajstić information content (AvgIpc) is 2.83. The number of carbonyl (C=O) groups excluding carboxylic acids is 1. The summed E-state index contributed by atoms with van der Waals surface area (Å²) >= 11 is 0. The van der Waals surface area contributed by atoms with Gasteiger partial charge in [-0.05, 0) is 28.8 Å². The minimum Gasteiger partial charge on any atom is -0.379 e. The fraction of sp³-hybridized carbons (Fsp3) is 0.480. The van der Waals surface area contributed by atoms with Gasteiger partial charge in [0.2, 0.25) is 10.0 Å². The number of sulfonamides is 1. The smallest absolute Gasteiger partial charge is 0.251 e. The number of amides is 1. The predicted octanol–water partition coefficient (Wildman–Crippen LogP) is 1.53. The maximum absolute atomic E-state index is 12.8. The van der Waals surface area contributed by atoms with Crippen LogP contribution in [0.4, 0.5) is 0 Å². The number of hydrogen-bond donors (Lipinski definition) is 1. The monoisotopic (exact) mass is 486 g/mol. The summed E-state index contributed by atoms with van der Waals surface area (Å²) < 4.78 is 30.3. The summed E-state index contributed by atoms with van der Waals surface area (Å²) in [4.78, 5) is 17.4. The van der Waals surface area contributed by atoms with E-state index in [9.17, 15) is 13.2 Å². The Balaban J connectivity index is 1.28. The van der Waals surface area contributed by atoms with E-state index in [0.29, 0.717) is 44.8 Å². The molecule has 8 nitrogen and oxygen atoms in total. The van der Waals surface area contributed by atoms with E-state index in [4.69, 9.17) is 4.74 Å². The molecule has 0 bridgehead atoms. The highest BCUT2D eigenvalue weighted by Crippen LogP contribution is 2.14. The zero-order chi connectivity index (χ0) is 24.0. The standard InChI is InChI=1S/C25H34N4O4S/c1-34(31,32)29-10-8-27(9-11-29)20-23-6-3-7-24(17-23)25(30)26-18-21-4-2-5-22(16-21)19-28-12-14-33-15-13-28/h2-7,16-17H,8-15,18-20H2,1H3,(H,26,30). The van der Waals surface area contributed by atoms with Crippen LogP contribution in [0.5, 0.6) is 0 Å². The summed E-state index contributed by atoms with van der Waals surface area (Å²) in [5.41, 5.74) is 4.01. The summed E-state index contributed by atoms with van der Waals surface area (Å²) in [5, 5.41) is 3.04. The van der Waals surface area contributed by atoms with Gasteiger partial charge < -0.3 is 10.1 Å². The number of nitrogens with zero attached hydrogens (tertiary/aromatic N) is 3. The van der Waals surface area contributed by atoms with E-state index in [1.807, 2.05) is 36.4 Å². The van der Waals surface area contributed by atoms with Crippen LogP contribution in [0.25, 0.3) is 0 Å². The van der Waals surface area contributed by atoms with E-state index < -0.39 is 10.0 Å². The van der Waals surface area contributed by atoms with Gasteiger partial charge in [-0.2, -0.15) is 4.31 Å². The lowest BCUT2D eigenvalue weighted by atomic mass is 10.1. The van der Waals surface area contributed by atoms with Crippen LogP contribution in [0.15, 0.2) is 48.5 Å². The third-order valence-electron chi connectivity index (χ3n) is 6.35. The van der Waals surface area contributed by atoms with Crippen molar-refractivity contribution < 1.29 is 17.9 Å². The molecule has 2 fully saturated rings. The topological polar surface area (TPSA) is 82.2 Å². The molecule has 2 aliphatic heterocycles. The van der Waals surface area contributed by atoms with Crippen LogP contribution in [0.1, 0.15) is 27.0 Å². The van der Waals surface area contributed by atoms with Crippen molar-refractivity contribution in [1.82, 2.24) is 19.4 Å². The first-order valence-corrected chi connectivity index (χ1v) is 13.6. The number of carbonyl (C=O) groups is 1. The molecule has 0 unspecified atom stereocenters. The highest BCUT2D eigenvalue weighted by molar-refractivity contribution is 7.88. The lowest BCUT2D eigenvalue weighted by Crippen LogP contribution is -2.47. The fourth-order valence-electron chi connectivity index (χ4n) is 4.43. The second-order valence-electron chi connectivity index (χ2n) is 9.03. The van der Waals surface area contributed by atoms with Crippen LogP contribution < -0.4 is 5.32 Å². The van der Waals surface area contributed by atoms with Gasteiger partial charge in [-0.15, -0.1) is 0 Å². The van der Waals surface area contributed by atoms with E-state index >= 15 is 0 Å². The fourth-order valence-corrected chi connectivity index (χ4v) is 5.25. The maximum atomic E-state index is 12.8. The van der Waals surface area contributed by atoms with Crippen LogP contribution in [-0.2, 0) is 34.4 Å². The number of morpholine rings is 1. The van der Waals surface area contributed by atoms with Gasteiger partial charge in [0, 0.05) is 64.5 Å². The molecule has 1 N–H and O–H groups in total. The third kappa shape index (κ3) is 7.10. The number of piperazine rings is 1. The number of nitrogens with one attached hydrogen (secondary N) is 1. The van der Waals surface area contributed by atoms with Gasteiger partial charge in [0.05, 0.1) is 19.5 Å². The van der Waals surface area contributed by atoms with Gasteiger partial charge in [0.25, 0.3) is 5.91 Å². The molecule has 2 aliphatic rings. The Morgan fingerprint density at radius 1 is 0.853 bits per heavy atom. The maximum Gasteiger partial charge on any atom is 0.251 e. The molecule has 0 spiro atoms. The molecule has 2 aromatic rings. The minimum absolute atomic E-state index is 0.0951. The highest BCUT2D eigenvalue weighted by Gasteiger charge is 2.23. The number of ether oxygens (including phenoxy) is 1. The molecule has 0 aliphatic carbocycles. The average molecular weight is 487 g/mol. The van der Waals surface area contributed by atoms with Crippen molar-refractivity contribution in [2.24, 2.45) is 0 Å². The lowest BCUT2D eigenvalue weighted by Gasteiger charge is -2.33. The number of benzene rings is 2.